The third kappa shape index (κ3) is 4.29. The number of ether oxygens (including phenoxy) is 1. The molecule has 2 aromatic rings. The number of benzene rings is 2. The van der Waals surface area contributed by atoms with Gasteiger partial charge in [0.2, 0.25) is 10.0 Å². The van der Waals surface area contributed by atoms with E-state index in [0.29, 0.717) is 6.07 Å². The maximum Gasteiger partial charge on any atom is 0.340 e. The van der Waals surface area contributed by atoms with Crippen molar-refractivity contribution in [1.29, 1.82) is 0 Å². The second-order valence-corrected chi connectivity index (χ2v) is 7.72. The first-order chi connectivity index (χ1) is 12.6. The lowest BCUT2D eigenvalue weighted by Crippen LogP contribution is -2.22. The molecule has 0 saturated carbocycles. The molecule has 2 rings (SSSR count). The number of hydrogen-bond donors (Lipinski definition) is 1. The largest absolute Gasteiger partial charge is 0.465 e. The summed E-state index contributed by atoms with van der Waals surface area (Å²) in [6.45, 7) is 0. The summed E-state index contributed by atoms with van der Waals surface area (Å²) in [5, 5.41) is 2.21. The number of amides is 1. The van der Waals surface area contributed by atoms with E-state index in [4.69, 9.17) is 0 Å². The molecule has 1 N–H and O–H groups in total. The molecule has 10 heteroatoms. The Balaban J connectivity index is 2.29. The summed E-state index contributed by atoms with van der Waals surface area (Å²) in [4.78, 5) is 23.7. The monoisotopic (exact) mass is 398 g/mol. The smallest absolute Gasteiger partial charge is 0.340 e. The van der Waals surface area contributed by atoms with Crippen molar-refractivity contribution in [2.24, 2.45) is 0 Å². The Hall–Kier alpha value is -2.85. The van der Waals surface area contributed by atoms with Gasteiger partial charge in [0, 0.05) is 25.7 Å². The number of anilines is 1. The maximum absolute atomic E-state index is 13.9. The maximum atomic E-state index is 13.9. The number of carbonyl (C=O) groups excluding carboxylic acids is 2. The highest BCUT2D eigenvalue weighted by Crippen LogP contribution is 2.21. The van der Waals surface area contributed by atoms with Crippen LogP contribution >= 0.6 is 0 Å². The number of sulfonamides is 1. The topological polar surface area (TPSA) is 92.8 Å². The van der Waals surface area contributed by atoms with Crippen molar-refractivity contribution >= 4 is 27.6 Å². The van der Waals surface area contributed by atoms with Crippen molar-refractivity contribution in [2.75, 3.05) is 26.5 Å². The Morgan fingerprint density at radius 2 is 1.63 bits per heavy atom. The standard InChI is InChI=1S/C17H16F2N2O5S/c1-21(2)27(24,25)11-6-4-10(5-7-11)16(22)20-15-8-12(17(23)26-3)13(18)9-14(15)19/h4-9H,1-3H3,(H,20,22). The average Bonchev–Trinajstić information content (AvgIpc) is 2.63. The summed E-state index contributed by atoms with van der Waals surface area (Å²) in [5.74, 6) is -4.01. The highest BCUT2D eigenvalue weighted by molar-refractivity contribution is 7.89. The predicted molar refractivity (Wildman–Crippen MR) is 93.0 cm³/mol. The van der Waals surface area contributed by atoms with E-state index in [0.717, 1.165) is 17.5 Å². The Bertz CT molecular complexity index is 989. The number of rotatable bonds is 5. The van der Waals surface area contributed by atoms with E-state index in [1.807, 2.05) is 0 Å². The first-order valence-electron chi connectivity index (χ1n) is 7.49. The first-order valence-corrected chi connectivity index (χ1v) is 8.93. The normalized spacial score (nSPS) is 11.3. The van der Waals surface area contributed by atoms with Crippen LogP contribution in [-0.2, 0) is 14.8 Å². The van der Waals surface area contributed by atoms with Gasteiger partial charge >= 0.3 is 5.97 Å². The molecule has 0 atom stereocenters. The second kappa shape index (κ2) is 7.80. The van der Waals surface area contributed by atoms with Crippen molar-refractivity contribution in [1.82, 2.24) is 4.31 Å². The molecule has 0 aromatic heterocycles. The fourth-order valence-corrected chi connectivity index (χ4v) is 3.00. The molecule has 0 aliphatic rings. The van der Waals surface area contributed by atoms with Crippen LogP contribution in [0.5, 0.6) is 0 Å². The van der Waals surface area contributed by atoms with Crippen LogP contribution in [0.2, 0.25) is 0 Å². The molecule has 27 heavy (non-hydrogen) atoms. The zero-order valence-corrected chi connectivity index (χ0v) is 15.4. The van der Waals surface area contributed by atoms with E-state index in [-0.39, 0.29) is 10.5 Å². The zero-order valence-electron chi connectivity index (χ0n) is 14.6. The van der Waals surface area contributed by atoms with Gasteiger partial charge in [-0.15, -0.1) is 0 Å². The number of esters is 1. The predicted octanol–water partition coefficient (Wildman–Crippen LogP) is 2.25. The second-order valence-electron chi connectivity index (χ2n) is 5.57. The molecule has 0 unspecified atom stereocenters. The van der Waals surface area contributed by atoms with E-state index in [9.17, 15) is 26.8 Å². The molecular formula is C17H16F2N2O5S. The number of methoxy groups -OCH3 is 1. The minimum absolute atomic E-state index is 0.0232. The van der Waals surface area contributed by atoms with Crippen LogP contribution in [0, 0.1) is 11.6 Å². The number of carbonyl (C=O) groups is 2. The highest BCUT2D eigenvalue weighted by Gasteiger charge is 2.20. The molecule has 0 bridgehead atoms. The van der Waals surface area contributed by atoms with E-state index in [2.05, 4.69) is 10.1 Å². The van der Waals surface area contributed by atoms with Gasteiger partial charge in [-0.3, -0.25) is 4.79 Å². The van der Waals surface area contributed by atoms with Crippen molar-refractivity contribution in [3.63, 3.8) is 0 Å². The summed E-state index contributed by atoms with van der Waals surface area (Å²) >= 11 is 0. The molecule has 0 radical (unpaired) electrons. The van der Waals surface area contributed by atoms with Crippen molar-refractivity contribution in [3.05, 3.63) is 59.2 Å². The lowest BCUT2D eigenvalue weighted by Gasteiger charge is -2.12. The highest BCUT2D eigenvalue weighted by atomic mass is 32.2. The third-order valence-corrected chi connectivity index (χ3v) is 5.43. The molecule has 7 nitrogen and oxygen atoms in total. The molecule has 0 aliphatic heterocycles. The number of hydrogen-bond acceptors (Lipinski definition) is 5. The molecular weight excluding hydrogens is 382 g/mol. The molecule has 0 fully saturated rings. The lowest BCUT2D eigenvalue weighted by atomic mass is 10.1. The summed E-state index contributed by atoms with van der Waals surface area (Å²) < 4.78 is 56.9. The van der Waals surface area contributed by atoms with Crippen molar-refractivity contribution in [2.45, 2.75) is 4.90 Å². The summed E-state index contributed by atoms with van der Waals surface area (Å²) in [6, 6.07) is 6.22. The van der Waals surface area contributed by atoms with Crippen LogP contribution < -0.4 is 5.32 Å². The quantitative estimate of drug-likeness (QED) is 0.780. The van der Waals surface area contributed by atoms with Crippen LogP contribution in [0.4, 0.5) is 14.5 Å². The van der Waals surface area contributed by atoms with Crippen molar-refractivity contribution in [3.8, 4) is 0 Å². The Kier molecular flexibility index (Phi) is 5.91. The summed E-state index contributed by atoms with van der Waals surface area (Å²) in [7, 11) is 0.110. The number of halogens is 2. The van der Waals surface area contributed by atoms with Gasteiger partial charge in [-0.2, -0.15) is 0 Å². The molecule has 0 aliphatic carbocycles. The first kappa shape index (κ1) is 20.5. The number of nitrogens with zero attached hydrogens (tertiary/aromatic N) is 1. The van der Waals surface area contributed by atoms with Crippen LogP contribution in [0.3, 0.4) is 0 Å². The average molecular weight is 398 g/mol. The van der Waals surface area contributed by atoms with Crippen LogP contribution in [0.25, 0.3) is 0 Å². The molecule has 0 spiro atoms. The van der Waals surface area contributed by atoms with Gasteiger partial charge in [0.1, 0.15) is 11.6 Å². The van der Waals surface area contributed by atoms with Gasteiger partial charge in [0.05, 0.1) is 23.3 Å². The van der Waals surface area contributed by atoms with Gasteiger partial charge in [0.15, 0.2) is 0 Å². The Morgan fingerprint density at radius 1 is 1.04 bits per heavy atom. The molecule has 0 saturated heterocycles. The van der Waals surface area contributed by atoms with Crippen molar-refractivity contribution < 1.29 is 31.5 Å². The molecule has 2 aromatic carbocycles. The van der Waals surface area contributed by atoms with E-state index in [1.54, 1.807) is 0 Å². The fraction of sp³-hybridized carbons (Fsp3) is 0.176. The molecule has 144 valence electrons. The van der Waals surface area contributed by atoms with Crippen LogP contribution in [0.1, 0.15) is 20.7 Å². The SMILES string of the molecule is COC(=O)c1cc(NC(=O)c2ccc(S(=O)(=O)N(C)C)cc2)c(F)cc1F. The van der Waals surface area contributed by atoms with E-state index in [1.165, 1.54) is 38.4 Å². The molecule has 0 heterocycles. The van der Waals surface area contributed by atoms with Crippen LogP contribution in [0.15, 0.2) is 41.3 Å². The van der Waals surface area contributed by atoms with E-state index < -0.39 is 44.8 Å². The zero-order chi connectivity index (χ0) is 20.4. The lowest BCUT2D eigenvalue weighted by molar-refractivity contribution is 0.0595. The summed E-state index contributed by atoms with van der Waals surface area (Å²) in [6.07, 6.45) is 0. The minimum atomic E-state index is -3.66. The van der Waals surface area contributed by atoms with Crippen LogP contribution in [-0.4, -0.2) is 45.8 Å². The van der Waals surface area contributed by atoms with E-state index >= 15 is 0 Å². The molecule has 1 amide bonds. The van der Waals surface area contributed by atoms with Gasteiger partial charge in [0.25, 0.3) is 5.91 Å². The fourth-order valence-electron chi connectivity index (χ4n) is 2.09. The Morgan fingerprint density at radius 3 is 2.15 bits per heavy atom. The summed E-state index contributed by atoms with van der Waals surface area (Å²) in [5.41, 5.74) is -0.926. The third-order valence-electron chi connectivity index (χ3n) is 3.61. The van der Waals surface area contributed by atoms with Gasteiger partial charge < -0.3 is 10.1 Å². The Labute approximate surface area is 154 Å². The number of nitrogens with one attached hydrogen (secondary N) is 1. The van der Waals surface area contributed by atoms with Gasteiger partial charge in [-0.25, -0.2) is 26.3 Å². The van der Waals surface area contributed by atoms with Gasteiger partial charge in [-0.05, 0) is 30.3 Å². The minimum Gasteiger partial charge on any atom is -0.465 e. The van der Waals surface area contributed by atoms with Gasteiger partial charge in [-0.1, -0.05) is 0 Å².